The lowest BCUT2D eigenvalue weighted by molar-refractivity contribution is -0.157. The molecular formula is C14H30O6Si2. The van der Waals surface area contributed by atoms with E-state index in [2.05, 4.69) is 0 Å². The molecule has 22 heavy (non-hydrogen) atoms. The fraction of sp³-hybridized carbons (Fsp3) is 0.857. The van der Waals surface area contributed by atoms with Crippen LogP contribution in [0.25, 0.3) is 0 Å². The number of hydrogen-bond acceptors (Lipinski definition) is 6. The van der Waals surface area contributed by atoms with Gasteiger partial charge >= 0.3 is 11.9 Å². The zero-order valence-corrected chi connectivity index (χ0v) is 16.7. The highest BCUT2D eigenvalue weighted by Gasteiger charge is 2.34. The topological polar surface area (TPSA) is 71.1 Å². The molecule has 0 unspecified atom stereocenters. The molecule has 0 aliphatic heterocycles. The lowest BCUT2D eigenvalue weighted by Crippen LogP contribution is -2.41. The Bertz CT molecular complexity index is 323. The molecule has 0 saturated heterocycles. The van der Waals surface area contributed by atoms with E-state index in [4.69, 9.17) is 18.3 Å². The summed E-state index contributed by atoms with van der Waals surface area (Å²) >= 11 is 0. The Morgan fingerprint density at radius 3 is 1.32 bits per heavy atom. The van der Waals surface area contributed by atoms with Crippen molar-refractivity contribution in [2.45, 2.75) is 51.1 Å². The summed E-state index contributed by atoms with van der Waals surface area (Å²) in [7, 11) is -1.15. The molecule has 0 bridgehead atoms. The monoisotopic (exact) mass is 350 g/mol. The summed E-state index contributed by atoms with van der Waals surface area (Å²) in [6.45, 7) is 8.89. The average molecular weight is 351 g/mol. The van der Waals surface area contributed by atoms with E-state index in [1.54, 1.807) is 14.2 Å². The first-order valence-corrected chi connectivity index (χ1v) is 13.8. The SMILES string of the molecule is COCCC[Si](C)(C)OC(=O)C(=O)O[Si](C)(C)CCCOC. The third-order valence-electron chi connectivity index (χ3n) is 3.16. The Morgan fingerprint density at radius 1 is 0.727 bits per heavy atom. The van der Waals surface area contributed by atoms with Crippen LogP contribution in [0.3, 0.4) is 0 Å². The Balaban J connectivity index is 4.32. The molecule has 0 aromatic carbocycles. The third-order valence-corrected chi connectivity index (χ3v) is 7.75. The highest BCUT2D eigenvalue weighted by molar-refractivity contribution is 6.76. The molecular weight excluding hydrogens is 320 g/mol. The molecule has 0 heterocycles. The van der Waals surface area contributed by atoms with Crippen LogP contribution in [0, 0.1) is 0 Å². The summed E-state index contributed by atoms with van der Waals surface area (Å²) in [5, 5.41) is 0. The number of rotatable bonds is 10. The van der Waals surface area contributed by atoms with Crippen LogP contribution in [-0.2, 0) is 27.9 Å². The van der Waals surface area contributed by atoms with Crippen molar-refractivity contribution in [3.63, 3.8) is 0 Å². The molecule has 0 aromatic rings. The quantitative estimate of drug-likeness (QED) is 0.342. The molecule has 0 aromatic heterocycles. The normalized spacial score (nSPS) is 12.1. The van der Waals surface area contributed by atoms with Gasteiger partial charge in [0, 0.05) is 27.4 Å². The fourth-order valence-electron chi connectivity index (χ4n) is 1.97. The van der Waals surface area contributed by atoms with Gasteiger partial charge in [0.15, 0.2) is 0 Å². The van der Waals surface area contributed by atoms with Gasteiger partial charge in [-0.2, -0.15) is 0 Å². The second kappa shape index (κ2) is 10.1. The van der Waals surface area contributed by atoms with Crippen LogP contribution in [-0.4, -0.2) is 56.0 Å². The van der Waals surface area contributed by atoms with Crippen LogP contribution in [0.15, 0.2) is 0 Å². The molecule has 0 fully saturated rings. The predicted molar refractivity (Wildman–Crippen MR) is 89.7 cm³/mol. The summed E-state index contributed by atoms with van der Waals surface area (Å²) in [6.07, 6.45) is 1.63. The van der Waals surface area contributed by atoms with Gasteiger partial charge in [-0.1, -0.05) is 0 Å². The second-order valence-electron chi connectivity index (χ2n) is 6.49. The first-order chi connectivity index (χ1) is 10.1. The maximum absolute atomic E-state index is 11.9. The van der Waals surface area contributed by atoms with Crippen LogP contribution < -0.4 is 0 Å². The Labute approximate surface area is 135 Å². The smallest absolute Gasteiger partial charge is 0.402 e. The Kier molecular flexibility index (Phi) is 9.82. The number of carbonyl (C=O) groups excluding carboxylic acids is 2. The van der Waals surface area contributed by atoms with Gasteiger partial charge in [0.2, 0.25) is 16.6 Å². The van der Waals surface area contributed by atoms with Crippen LogP contribution in [0.2, 0.25) is 38.3 Å². The number of carbonyl (C=O) groups is 2. The van der Waals surface area contributed by atoms with Gasteiger partial charge in [-0.25, -0.2) is 9.59 Å². The molecule has 0 radical (unpaired) electrons. The zero-order valence-electron chi connectivity index (χ0n) is 14.7. The summed E-state index contributed by atoms with van der Waals surface area (Å²) in [6, 6.07) is 1.52. The van der Waals surface area contributed by atoms with Crippen LogP contribution >= 0.6 is 0 Å². The molecule has 0 spiro atoms. The van der Waals surface area contributed by atoms with Crippen molar-refractivity contribution in [2.24, 2.45) is 0 Å². The van der Waals surface area contributed by atoms with E-state index in [1.165, 1.54) is 0 Å². The maximum Gasteiger partial charge on any atom is 0.402 e. The van der Waals surface area contributed by atoms with E-state index in [0.717, 1.165) is 24.9 Å². The number of methoxy groups -OCH3 is 2. The fourth-order valence-corrected chi connectivity index (χ4v) is 5.34. The molecule has 0 rings (SSSR count). The lowest BCUT2D eigenvalue weighted by atomic mass is 10.5. The molecule has 0 aliphatic rings. The zero-order chi connectivity index (χ0) is 17.2. The minimum Gasteiger partial charge on any atom is -0.511 e. The number of ether oxygens (including phenoxy) is 2. The summed E-state index contributed by atoms with van der Waals surface area (Å²) in [4.78, 5) is 23.8. The standard InChI is InChI=1S/C14H30O6Si2/c1-17-9-7-11-21(3,4)19-13(15)14(16)20-22(5,6)12-8-10-18-2/h7-12H2,1-6H3. The van der Waals surface area contributed by atoms with Crippen LogP contribution in [0.4, 0.5) is 0 Å². The van der Waals surface area contributed by atoms with Gasteiger partial charge in [-0.15, -0.1) is 0 Å². The van der Waals surface area contributed by atoms with E-state index in [0.29, 0.717) is 13.2 Å². The van der Waals surface area contributed by atoms with Gasteiger partial charge < -0.3 is 18.3 Å². The van der Waals surface area contributed by atoms with E-state index in [9.17, 15) is 9.59 Å². The van der Waals surface area contributed by atoms with Crippen molar-refractivity contribution in [1.82, 2.24) is 0 Å². The largest absolute Gasteiger partial charge is 0.511 e. The lowest BCUT2D eigenvalue weighted by Gasteiger charge is -2.25. The van der Waals surface area contributed by atoms with E-state index >= 15 is 0 Å². The predicted octanol–water partition coefficient (Wildman–Crippen LogP) is 2.56. The van der Waals surface area contributed by atoms with Crippen molar-refractivity contribution < 1.29 is 27.9 Å². The van der Waals surface area contributed by atoms with Gasteiger partial charge in [-0.05, 0) is 51.1 Å². The first-order valence-electron chi connectivity index (χ1n) is 7.58. The van der Waals surface area contributed by atoms with Gasteiger partial charge in [-0.3, -0.25) is 0 Å². The summed E-state index contributed by atoms with van der Waals surface area (Å²) in [5.41, 5.74) is 0. The van der Waals surface area contributed by atoms with Gasteiger partial charge in [0.25, 0.3) is 0 Å². The summed E-state index contributed by atoms with van der Waals surface area (Å²) in [5.74, 6) is -1.72. The Morgan fingerprint density at radius 2 is 1.05 bits per heavy atom. The van der Waals surface area contributed by atoms with Crippen LogP contribution in [0.1, 0.15) is 12.8 Å². The van der Waals surface area contributed by atoms with Crippen molar-refractivity contribution in [1.29, 1.82) is 0 Å². The van der Waals surface area contributed by atoms with E-state index < -0.39 is 28.6 Å². The molecule has 0 amide bonds. The molecule has 6 nitrogen and oxygen atoms in total. The van der Waals surface area contributed by atoms with Crippen molar-refractivity contribution >= 4 is 28.6 Å². The van der Waals surface area contributed by atoms with E-state index in [-0.39, 0.29) is 0 Å². The minimum absolute atomic E-state index is 0.623. The van der Waals surface area contributed by atoms with Gasteiger partial charge in [0.05, 0.1) is 0 Å². The van der Waals surface area contributed by atoms with Crippen molar-refractivity contribution in [3.8, 4) is 0 Å². The van der Waals surface area contributed by atoms with Crippen molar-refractivity contribution in [3.05, 3.63) is 0 Å². The molecule has 0 N–H and O–H groups in total. The Hall–Kier alpha value is -0.706. The average Bonchev–Trinajstić information content (AvgIpc) is 2.37. The second-order valence-corrected chi connectivity index (χ2v) is 14.9. The molecule has 130 valence electrons. The van der Waals surface area contributed by atoms with Gasteiger partial charge in [0.1, 0.15) is 0 Å². The summed E-state index contributed by atoms with van der Waals surface area (Å²) < 4.78 is 20.7. The highest BCUT2D eigenvalue weighted by atomic mass is 28.4. The molecule has 0 atom stereocenters. The van der Waals surface area contributed by atoms with Crippen LogP contribution in [0.5, 0.6) is 0 Å². The molecule has 8 heteroatoms. The highest BCUT2D eigenvalue weighted by Crippen LogP contribution is 2.17. The first kappa shape index (κ1) is 21.3. The van der Waals surface area contributed by atoms with E-state index in [1.807, 2.05) is 26.2 Å². The van der Waals surface area contributed by atoms with Crippen molar-refractivity contribution in [2.75, 3.05) is 27.4 Å². The minimum atomic E-state index is -2.21. The molecule has 0 saturated carbocycles. The molecule has 0 aliphatic carbocycles. The maximum atomic E-state index is 11.9. The third kappa shape index (κ3) is 10.1. The number of hydrogen-bond donors (Lipinski definition) is 0.